The Hall–Kier alpha value is -1.88. The third-order valence-electron chi connectivity index (χ3n) is 2.65. The molecule has 0 aliphatic rings. The lowest BCUT2D eigenvalue weighted by Gasteiger charge is -2.03. The molecule has 1 aromatic carbocycles. The molecule has 2 aromatic rings. The van der Waals surface area contributed by atoms with Crippen LogP contribution in [0.5, 0.6) is 6.01 Å². The largest absolute Gasteiger partial charge is 0.462 e. The lowest BCUT2D eigenvalue weighted by molar-refractivity contribution is 0.285. The summed E-state index contributed by atoms with van der Waals surface area (Å²) in [5.74, 6) is 0. The molecule has 0 aliphatic carbocycles. The molecule has 0 atom stereocenters. The summed E-state index contributed by atoms with van der Waals surface area (Å²) in [5.41, 5.74) is 0.981. The third kappa shape index (κ3) is 4.37. The molecule has 5 heteroatoms. The summed E-state index contributed by atoms with van der Waals surface area (Å²) in [4.78, 5) is 4.14. The summed E-state index contributed by atoms with van der Waals surface area (Å²) in [6.07, 6.45) is 3.78. The Labute approximate surface area is 113 Å². The van der Waals surface area contributed by atoms with Gasteiger partial charge in [0.25, 0.3) is 0 Å². The van der Waals surface area contributed by atoms with Gasteiger partial charge in [-0.2, -0.15) is 4.98 Å². The zero-order valence-corrected chi connectivity index (χ0v) is 11.2. The molecule has 1 N–H and O–H groups in total. The Balaban J connectivity index is 1.75. The predicted molar refractivity (Wildman–Crippen MR) is 74.6 cm³/mol. The van der Waals surface area contributed by atoms with E-state index < -0.39 is 0 Å². The van der Waals surface area contributed by atoms with Crippen molar-refractivity contribution in [3.8, 4) is 11.7 Å². The Bertz CT molecular complexity index is 469. The summed E-state index contributed by atoms with van der Waals surface area (Å²) in [6.45, 7) is 4.81. The van der Waals surface area contributed by atoms with E-state index in [2.05, 4.69) is 22.3 Å². The summed E-state index contributed by atoms with van der Waals surface area (Å²) < 4.78 is 7.22. The molecule has 102 valence electrons. The van der Waals surface area contributed by atoms with Crippen LogP contribution in [-0.2, 0) is 0 Å². The molecule has 0 bridgehead atoms. The van der Waals surface area contributed by atoms with Crippen LogP contribution in [0.4, 0.5) is 0 Å². The van der Waals surface area contributed by atoms with Gasteiger partial charge in [0.15, 0.2) is 0 Å². The van der Waals surface area contributed by atoms with Gasteiger partial charge in [0.2, 0.25) is 0 Å². The molecule has 0 amide bonds. The first-order chi connectivity index (χ1) is 9.40. The van der Waals surface area contributed by atoms with Crippen LogP contribution >= 0.6 is 0 Å². The first-order valence-electron chi connectivity index (χ1n) is 6.70. The van der Waals surface area contributed by atoms with Crippen molar-refractivity contribution < 1.29 is 4.74 Å². The van der Waals surface area contributed by atoms with Crippen LogP contribution in [0.3, 0.4) is 0 Å². The molecule has 0 saturated heterocycles. The lowest BCUT2D eigenvalue weighted by Crippen LogP contribution is -2.18. The number of aromatic nitrogens is 3. The van der Waals surface area contributed by atoms with Crippen LogP contribution in [0, 0.1) is 0 Å². The first-order valence-corrected chi connectivity index (χ1v) is 6.70. The van der Waals surface area contributed by atoms with Crippen molar-refractivity contribution in [2.24, 2.45) is 0 Å². The summed E-state index contributed by atoms with van der Waals surface area (Å²) in [6, 6.07) is 10.3. The van der Waals surface area contributed by atoms with Gasteiger partial charge in [-0.05, 0) is 38.1 Å². The van der Waals surface area contributed by atoms with Gasteiger partial charge in [-0.1, -0.05) is 25.1 Å². The number of nitrogens with one attached hydrogen (secondary N) is 1. The molecule has 2 rings (SSSR count). The van der Waals surface area contributed by atoms with Gasteiger partial charge in [0, 0.05) is 0 Å². The van der Waals surface area contributed by atoms with E-state index in [0.717, 1.165) is 31.6 Å². The standard InChI is InChI=1S/C14H20N4O/c1-2-9-15-10-6-11-19-14-16-12-18(17-14)13-7-4-3-5-8-13/h3-5,7-8,12,15H,2,6,9-11H2,1H3. The fourth-order valence-corrected chi connectivity index (χ4v) is 1.68. The molecule has 19 heavy (non-hydrogen) atoms. The van der Waals surface area contributed by atoms with Crippen LogP contribution in [0.2, 0.25) is 0 Å². The summed E-state index contributed by atoms with van der Waals surface area (Å²) >= 11 is 0. The number of rotatable bonds is 8. The minimum Gasteiger partial charge on any atom is -0.462 e. The van der Waals surface area contributed by atoms with Crippen molar-refractivity contribution in [3.05, 3.63) is 36.7 Å². The monoisotopic (exact) mass is 260 g/mol. The van der Waals surface area contributed by atoms with Crippen molar-refractivity contribution in [3.63, 3.8) is 0 Å². The Morgan fingerprint density at radius 1 is 1.21 bits per heavy atom. The average Bonchev–Trinajstić information content (AvgIpc) is 2.92. The Kier molecular flexibility index (Phi) is 5.37. The number of hydrogen-bond donors (Lipinski definition) is 1. The van der Waals surface area contributed by atoms with E-state index in [1.807, 2.05) is 30.3 Å². The molecule has 0 aliphatic heterocycles. The van der Waals surface area contributed by atoms with Crippen LogP contribution < -0.4 is 10.1 Å². The van der Waals surface area contributed by atoms with Gasteiger partial charge in [0.1, 0.15) is 6.33 Å². The highest BCUT2D eigenvalue weighted by atomic mass is 16.5. The zero-order chi connectivity index (χ0) is 13.3. The van der Waals surface area contributed by atoms with Crippen molar-refractivity contribution >= 4 is 0 Å². The molecule has 0 fully saturated rings. The number of nitrogens with zero attached hydrogens (tertiary/aromatic N) is 3. The first kappa shape index (κ1) is 13.5. The SMILES string of the molecule is CCCNCCCOc1ncn(-c2ccccc2)n1. The van der Waals surface area contributed by atoms with Gasteiger partial charge >= 0.3 is 6.01 Å². The average molecular weight is 260 g/mol. The number of benzene rings is 1. The van der Waals surface area contributed by atoms with Crippen molar-refractivity contribution in [1.82, 2.24) is 20.1 Å². The smallest absolute Gasteiger partial charge is 0.335 e. The number of ether oxygens (including phenoxy) is 1. The molecular weight excluding hydrogens is 240 g/mol. The fourth-order valence-electron chi connectivity index (χ4n) is 1.68. The molecule has 0 radical (unpaired) electrons. The second-order valence-corrected chi connectivity index (χ2v) is 4.26. The third-order valence-corrected chi connectivity index (χ3v) is 2.65. The quantitative estimate of drug-likeness (QED) is 0.738. The molecule has 0 unspecified atom stereocenters. The second-order valence-electron chi connectivity index (χ2n) is 4.26. The number of para-hydroxylation sites is 1. The normalized spacial score (nSPS) is 10.6. The van der Waals surface area contributed by atoms with Gasteiger partial charge in [0.05, 0.1) is 12.3 Å². The zero-order valence-electron chi connectivity index (χ0n) is 11.2. The van der Waals surface area contributed by atoms with E-state index in [1.165, 1.54) is 0 Å². The van der Waals surface area contributed by atoms with E-state index in [0.29, 0.717) is 12.6 Å². The Morgan fingerprint density at radius 3 is 2.84 bits per heavy atom. The second kappa shape index (κ2) is 7.53. The highest BCUT2D eigenvalue weighted by Crippen LogP contribution is 2.08. The highest BCUT2D eigenvalue weighted by Gasteiger charge is 2.02. The van der Waals surface area contributed by atoms with Crippen LogP contribution in [0.1, 0.15) is 19.8 Å². The molecular formula is C14H20N4O. The van der Waals surface area contributed by atoms with E-state index >= 15 is 0 Å². The van der Waals surface area contributed by atoms with Gasteiger partial charge in [-0.25, -0.2) is 4.68 Å². The molecule has 5 nitrogen and oxygen atoms in total. The van der Waals surface area contributed by atoms with E-state index in [-0.39, 0.29) is 0 Å². The summed E-state index contributed by atoms with van der Waals surface area (Å²) in [7, 11) is 0. The van der Waals surface area contributed by atoms with Gasteiger partial charge < -0.3 is 10.1 Å². The highest BCUT2D eigenvalue weighted by molar-refractivity contribution is 5.29. The minimum atomic E-state index is 0.430. The predicted octanol–water partition coefficient (Wildman–Crippen LogP) is 2.04. The number of hydrogen-bond acceptors (Lipinski definition) is 4. The minimum absolute atomic E-state index is 0.430. The maximum atomic E-state index is 5.51. The lowest BCUT2D eigenvalue weighted by atomic mass is 10.3. The van der Waals surface area contributed by atoms with E-state index in [9.17, 15) is 0 Å². The molecule has 0 saturated carbocycles. The van der Waals surface area contributed by atoms with Gasteiger partial charge in [-0.15, -0.1) is 5.10 Å². The van der Waals surface area contributed by atoms with Crippen molar-refractivity contribution in [2.75, 3.05) is 19.7 Å². The van der Waals surface area contributed by atoms with Crippen LogP contribution in [-0.4, -0.2) is 34.5 Å². The van der Waals surface area contributed by atoms with Crippen LogP contribution in [0.25, 0.3) is 5.69 Å². The Morgan fingerprint density at radius 2 is 2.05 bits per heavy atom. The van der Waals surface area contributed by atoms with Crippen LogP contribution in [0.15, 0.2) is 36.7 Å². The fraction of sp³-hybridized carbons (Fsp3) is 0.429. The van der Waals surface area contributed by atoms with Crippen molar-refractivity contribution in [2.45, 2.75) is 19.8 Å². The molecule has 0 spiro atoms. The van der Waals surface area contributed by atoms with E-state index in [1.54, 1.807) is 11.0 Å². The van der Waals surface area contributed by atoms with Gasteiger partial charge in [-0.3, -0.25) is 0 Å². The summed E-state index contributed by atoms with van der Waals surface area (Å²) in [5, 5.41) is 7.60. The topological polar surface area (TPSA) is 52.0 Å². The van der Waals surface area contributed by atoms with E-state index in [4.69, 9.17) is 4.74 Å². The molecule has 1 aromatic heterocycles. The molecule has 1 heterocycles. The van der Waals surface area contributed by atoms with Crippen molar-refractivity contribution in [1.29, 1.82) is 0 Å². The maximum Gasteiger partial charge on any atom is 0.335 e. The maximum absolute atomic E-state index is 5.51.